The Balaban J connectivity index is 0.996. The summed E-state index contributed by atoms with van der Waals surface area (Å²) in [6.07, 6.45) is 3.50. The van der Waals surface area contributed by atoms with Crippen LogP contribution in [0.2, 0.25) is 0 Å². The van der Waals surface area contributed by atoms with Crippen molar-refractivity contribution in [2.24, 2.45) is 5.92 Å². The molecule has 6 nitrogen and oxygen atoms in total. The molecular weight excluding hydrogens is 408 g/mol. The zero-order valence-corrected chi connectivity index (χ0v) is 19.5. The first kappa shape index (κ1) is 21.0. The molecule has 2 aliphatic heterocycles. The van der Waals surface area contributed by atoms with Crippen LogP contribution in [0.5, 0.6) is 0 Å². The number of anilines is 1. The van der Waals surface area contributed by atoms with Crippen LogP contribution >= 0.6 is 11.3 Å². The molecule has 3 aliphatic rings. The number of hydrogen-bond donors (Lipinski definition) is 1. The molecule has 1 aromatic heterocycles. The van der Waals surface area contributed by atoms with Crippen molar-refractivity contribution in [2.75, 3.05) is 57.8 Å². The lowest BCUT2D eigenvalue weighted by Gasteiger charge is -2.48. The molecule has 0 unspecified atom stereocenters. The van der Waals surface area contributed by atoms with Crippen molar-refractivity contribution in [3.63, 3.8) is 0 Å². The first-order valence-corrected chi connectivity index (χ1v) is 12.4. The van der Waals surface area contributed by atoms with Gasteiger partial charge in [0, 0.05) is 55.1 Å². The van der Waals surface area contributed by atoms with Crippen molar-refractivity contribution < 1.29 is 9.53 Å². The highest BCUT2D eigenvalue weighted by molar-refractivity contribution is 7.17. The Kier molecular flexibility index (Phi) is 5.84. The Bertz CT molecular complexity index is 911. The fourth-order valence-corrected chi connectivity index (χ4v) is 6.03. The quantitative estimate of drug-likeness (QED) is 0.742. The molecule has 3 heterocycles. The van der Waals surface area contributed by atoms with Crippen LogP contribution in [-0.2, 0) is 4.74 Å². The molecule has 0 spiro atoms. The molecule has 1 aliphatic carbocycles. The fraction of sp³-hybridized carbons (Fsp3) is 0.625. The minimum atomic E-state index is -0.153. The highest BCUT2D eigenvalue weighted by atomic mass is 32.1. The van der Waals surface area contributed by atoms with Crippen molar-refractivity contribution in [3.8, 4) is 0 Å². The van der Waals surface area contributed by atoms with Gasteiger partial charge in [-0.1, -0.05) is 6.07 Å². The molecule has 31 heavy (non-hydrogen) atoms. The van der Waals surface area contributed by atoms with E-state index < -0.39 is 0 Å². The predicted molar refractivity (Wildman–Crippen MR) is 127 cm³/mol. The van der Waals surface area contributed by atoms with E-state index in [9.17, 15) is 4.79 Å². The summed E-state index contributed by atoms with van der Waals surface area (Å²) in [7, 11) is 1.72. The Morgan fingerprint density at radius 3 is 2.71 bits per heavy atom. The smallest absolute Gasteiger partial charge is 0.317 e. The summed E-state index contributed by atoms with van der Waals surface area (Å²) in [5.41, 5.74) is 1.24. The molecule has 1 N–H and O–H groups in total. The number of carbonyl (C=O) groups is 1. The zero-order chi connectivity index (χ0) is 21.4. The van der Waals surface area contributed by atoms with Gasteiger partial charge in [0.15, 0.2) is 0 Å². The Hall–Kier alpha value is -1.83. The standard InChI is InChI=1S/C24H34N4O2S/c1-24(30-2)16-28(17-24)23(29)25-19-14-18(15-19)6-8-26-9-11-27(12-10-26)21-4-3-5-22-20(21)7-13-31-22/h3-5,7,13,18-19H,6,8-12,14-17H2,1-2H3,(H,25,29)/t18-,19+. The van der Waals surface area contributed by atoms with Gasteiger partial charge in [-0.2, -0.15) is 0 Å². The van der Waals surface area contributed by atoms with E-state index in [4.69, 9.17) is 4.74 Å². The molecule has 0 bridgehead atoms. The van der Waals surface area contributed by atoms with E-state index in [1.54, 1.807) is 7.11 Å². The fourth-order valence-electron chi connectivity index (χ4n) is 5.22. The van der Waals surface area contributed by atoms with Gasteiger partial charge in [0.2, 0.25) is 0 Å². The molecule has 1 saturated carbocycles. The minimum absolute atomic E-state index is 0.0785. The number of amides is 2. The molecule has 3 fully saturated rings. The van der Waals surface area contributed by atoms with Crippen LogP contribution in [0.15, 0.2) is 29.6 Å². The molecular formula is C24H34N4O2S. The SMILES string of the molecule is COC1(C)CN(C(=O)N[C@H]2C[C@@H](CCN3CCN(c4cccc5sccc45)CC3)C2)C1. The summed E-state index contributed by atoms with van der Waals surface area (Å²) in [6.45, 7) is 9.11. The van der Waals surface area contributed by atoms with Crippen LogP contribution < -0.4 is 10.2 Å². The largest absolute Gasteiger partial charge is 0.375 e. The highest BCUT2D eigenvalue weighted by Crippen LogP contribution is 2.33. The molecule has 0 atom stereocenters. The van der Waals surface area contributed by atoms with Crippen molar-refractivity contribution in [3.05, 3.63) is 29.6 Å². The third-order valence-electron chi connectivity index (χ3n) is 7.43. The number of rotatable bonds is 6. The molecule has 0 radical (unpaired) electrons. The third-order valence-corrected chi connectivity index (χ3v) is 8.32. The van der Waals surface area contributed by atoms with Gasteiger partial charge < -0.3 is 19.9 Å². The number of nitrogens with zero attached hydrogens (tertiary/aromatic N) is 3. The number of fused-ring (bicyclic) bond motifs is 1. The van der Waals surface area contributed by atoms with Crippen molar-refractivity contribution in [1.29, 1.82) is 0 Å². The van der Waals surface area contributed by atoms with E-state index in [0.717, 1.165) is 44.9 Å². The van der Waals surface area contributed by atoms with Crippen LogP contribution in [0, 0.1) is 5.92 Å². The van der Waals surface area contributed by atoms with Gasteiger partial charge in [0.05, 0.1) is 13.1 Å². The van der Waals surface area contributed by atoms with E-state index in [-0.39, 0.29) is 11.6 Å². The number of urea groups is 1. The normalized spacial score (nSPS) is 25.9. The van der Waals surface area contributed by atoms with Gasteiger partial charge in [-0.15, -0.1) is 11.3 Å². The predicted octanol–water partition coefficient (Wildman–Crippen LogP) is 3.62. The Morgan fingerprint density at radius 2 is 1.97 bits per heavy atom. The second kappa shape index (κ2) is 8.60. The van der Waals surface area contributed by atoms with Gasteiger partial charge in [0.25, 0.3) is 0 Å². The summed E-state index contributed by atoms with van der Waals surface area (Å²) in [5, 5.41) is 6.79. The molecule has 168 valence electrons. The lowest BCUT2D eigenvalue weighted by Crippen LogP contribution is -2.65. The molecule has 1 aromatic carbocycles. The number of methoxy groups -OCH3 is 1. The van der Waals surface area contributed by atoms with Crippen molar-refractivity contribution in [1.82, 2.24) is 15.1 Å². The van der Waals surface area contributed by atoms with E-state index in [1.165, 1.54) is 28.7 Å². The second-order valence-corrected chi connectivity index (χ2v) is 10.7. The van der Waals surface area contributed by atoms with Gasteiger partial charge in [-0.25, -0.2) is 4.79 Å². The lowest BCUT2D eigenvalue weighted by atomic mass is 9.78. The van der Waals surface area contributed by atoms with Crippen molar-refractivity contribution >= 4 is 33.1 Å². The van der Waals surface area contributed by atoms with E-state index in [2.05, 4.69) is 51.7 Å². The third kappa shape index (κ3) is 4.41. The van der Waals surface area contributed by atoms with Crippen LogP contribution in [0.3, 0.4) is 0 Å². The number of carbonyl (C=O) groups excluding carboxylic acids is 1. The molecule has 2 saturated heterocycles. The summed E-state index contributed by atoms with van der Waals surface area (Å²) >= 11 is 1.83. The van der Waals surface area contributed by atoms with E-state index >= 15 is 0 Å². The number of piperazine rings is 1. The van der Waals surface area contributed by atoms with Gasteiger partial charge in [0.1, 0.15) is 5.60 Å². The molecule has 7 heteroatoms. The number of ether oxygens (including phenoxy) is 1. The second-order valence-electron chi connectivity index (χ2n) is 9.72. The number of likely N-dealkylation sites (tertiary alicyclic amines) is 1. The minimum Gasteiger partial charge on any atom is -0.375 e. The van der Waals surface area contributed by atoms with Gasteiger partial charge in [-0.3, -0.25) is 4.90 Å². The Labute approximate surface area is 189 Å². The van der Waals surface area contributed by atoms with Gasteiger partial charge >= 0.3 is 6.03 Å². The Morgan fingerprint density at radius 1 is 1.19 bits per heavy atom. The molecule has 2 aromatic rings. The molecule has 5 rings (SSSR count). The lowest BCUT2D eigenvalue weighted by molar-refractivity contribution is -0.0917. The number of benzene rings is 1. The van der Waals surface area contributed by atoms with E-state index in [0.29, 0.717) is 19.1 Å². The maximum Gasteiger partial charge on any atom is 0.317 e. The molecule has 2 amide bonds. The summed E-state index contributed by atoms with van der Waals surface area (Å²) in [4.78, 5) is 19.3. The average Bonchev–Trinajstić information content (AvgIpc) is 3.22. The number of thiophene rings is 1. The highest BCUT2D eigenvalue weighted by Gasteiger charge is 2.42. The summed E-state index contributed by atoms with van der Waals surface area (Å²) in [6, 6.07) is 9.36. The van der Waals surface area contributed by atoms with Crippen LogP contribution in [0.25, 0.3) is 10.1 Å². The maximum absolute atomic E-state index is 12.3. The first-order valence-electron chi connectivity index (χ1n) is 11.6. The van der Waals surface area contributed by atoms with Gasteiger partial charge in [-0.05, 0) is 62.2 Å². The topological polar surface area (TPSA) is 48.1 Å². The monoisotopic (exact) mass is 442 g/mol. The number of nitrogens with one attached hydrogen (secondary N) is 1. The summed E-state index contributed by atoms with van der Waals surface area (Å²) < 4.78 is 6.81. The van der Waals surface area contributed by atoms with Crippen molar-refractivity contribution in [2.45, 2.75) is 37.8 Å². The number of hydrogen-bond acceptors (Lipinski definition) is 5. The maximum atomic E-state index is 12.3. The van der Waals surface area contributed by atoms with Crippen LogP contribution in [0.1, 0.15) is 26.2 Å². The van der Waals surface area contributed by atoms with E-state index in [1.807, 2.05) is 16.2 Å². The van der Waals surface area contributed by atoms with Crippen LogP contribution in [0.4, 0.5) is 10.5 Å². The van der Waals surface area contributed by atoms with Crippen LogP contribution in [-0.4, -0.2) is 80.4 Å². The first-order chi connectivity index (χ1) is 15.0. The zero-order valence-electron chi connectivity index (χ0n) is 18.7. The summed E-state index contributed by atoms with van der Waals surface area (Å²) in [5.74, 6) is 0.753. The average molecular weight is 443 g/mol.